The van der Waals surface area contributed by atoms with Gasteiger partial charge in [0.05, 0.1) is 6.20 Å². The quantitative estimate of drug-likeness (QED) is 0.346. The molecule has 1 aromatic heterocycles. The van der Waals surface area contributed by atoms with E-state index in [1.807, 2.05) is 25.0 Å². The number of aromatic nitrogens is 2. The molecule has 6 nitrogen and oxygen atoms in total. The van der Waals surface area contributed by atoms with E-state index in [-0.39, 0.29) is 24.0 Å². The van der Waals surface area contributed by atoms with Crippen molar-refractivity contribution in [3.63, 3.8) is 0 Å². The Morgan fingerprint density at radius 3 is 2.59 bits per heavy atom. The highest BCUT2D eigenvalue weighted by molar-refractivity contribution is 14.0. The number of aliphatic imine (C=N–C) groups is 1. The third kappa shape index (κ3) is 6.93. The SMILES string of the molecule is CCN(CC)C(CNC(=NC)N1CCC(c2cnn(C)c2)C1)CC(C)C.I. The van der Waals surface area contributed by atoms with Gasteiger partial charge in [0.1, 0.15) is 0 Å². The molecule has 1 saturated heterocycles. The van der Waals surface area contributed by atoms with Crippen molar-refractivity contribution in [2.45, 2.75) is 52.5 Å². The van der Waals surface area contributed by atoms with E-state index in [0.717, 1.165) is 45.1 Å². The highest BCUT2D eigenvalue weighted by atomic mass is 127. The fourth-order valence-corrected chi connectivity index (χ4v) is 4.06. The molecule has 2 heterocycles. The van der Waals surface area contributed by atoms with Crippen LogP contribution in [0, 0.1) is 5.92 Å². The summed E-state index contributed by atoms with van der Waals surface area (Å²) in [5.41, 5.74) is 1.34. The van der Waals surface area contributed by atoms with Crippen LogP contribution in [-0.2, 0) is 7.05 Å². The number of guanidine groups is 1. The molecule has 0 bridgehead atoms. The zero-order chi connectivity index (χ0) is 19.1. The first kappa shape index (κ1) is 24.2. The number of nitrogens with one attached hydrogen (secondary N) is 1. The van der Waals surface area contributed by atoms with Gasteiger partial charge >= 0.3 is 0 Å². The molecule has 27 heavy (non-hydrogen) atoms. The number of rotatable bonds is 8. The molecule has 2 unspecified atom stereocenters. The van der Waals surface area contributed by atoms with Crippen LogP contribution in [-0.4, -0.2) is 71.4 Å². The molecule has 1 N–H and O–H groups in total. The number of likely N-dealkylation sites (tertiary alicyclic amines) is 1. The molecule has 156 valence electrons. The Balaban J connectivity index is 0.00000364. The molecule has 0 radical (unpaired) electrons. The Kier molecular flexibility index (Phi) is 10.7. The summed E-state index contributed by atoms with van der Waals surface area (Å²) in [5, 5.41) is 7.98. The van der Waals surface area contributed by atoms with Gasteiger partial charge in [0.2, 0.25) is 0 Å². The van der Waals surface area contributed by atoms with Crippen molar-refractivity contribution in [3.05, 3.63) is 18.0 Å². The minimum absolute atomic E-state index is 0. The Hall–Kier alpha value is -0.830. The topological polar surface area (TPSA) is 48.7 Å². The molecule has 1 aliphatic rings. The average molecular weight is 490 g/mol. The second kappa shape index (κ2) is 11.9. The summed E-state index contributed by atoms with van der Waals surface area (Å²) >= 11 is 0. The molecule has 0 aromatic carbocycles. The summed E-state index contributed by atoms with van der Waals surface area (Å²) < 4.78 is 1.89. The standard InChI is InChI=1S/C20H38N6.HI/c1-7-25(8-2)19(11-16(3)4)13-22-20(21-5)26-10-9-17(15-26)18-12-23-24(6)14-18;/h12,14,16-17,19H,7-11,13,15H2,1-6H3,(H,21,22);1H. The number of nitrogens with zero attached hydrogens (tertiary/aromatic N) is 5. The summed E-state index contributed by atoms with van der Waals surface area (Å²) in [6, 6.07) is 0.554. The Morgan fingerprint density at radius 1 is 1.37 bits per heavy atom. The normalized spacial score (nSPS) is 18.9. The fraction of sp³-hybridized carbons (Fsp3) is 0.800. The first-order chi connectivity index (χ1) is 12.5. The zero-order valence-electron chi connectivity index (χ0n) is 18.0. The van der Waals surface area contributed by atoms with Crippen LogP contribution in [0.25, 0.3) is 0 Å². The molecular weight excluding hydrogens is 451 g/mol. The van der Waals surface area contributed by atoms with Gasteiger partial charge in [-0.1, -0.05) is 27.7 Å². The van der Waals surface area contributed by atoms with Crippen molar-refractivity contribution in [1.82, 2.24) is 24.9 Å². The van der Waals surface area contributed by atoms with Crippen LogP contribution in [0.1, 0.15) is 52.0 Å². The lowest BCUT2D eigenvalue weighted by Crippen LogP contribution is -2.48. The van der Waals surface area contributed by atoms with E-state index in [2.05, 4.69) is 59.1 Å². The number of hydrogen-bond donors (Lipinski definition) is 1. The van der Waals surface area contributed by atoms with Crippen LogP contribution >= 0.6 is 24.0 Å². The van der Waals surface area contributed by atoms with Gasteiger partial charge in [0.15, 0.2) is 5.96 Å². The Morgan fingerprint density at radius 2 is 2.07 bits per heavy atom. The Bertz CT molecular complexity index is 567. The molecule has 2 atom stereocenters. The lowest BCUT2D eigenvalue weighted by atomic mass is 10.0. The predicted molar refractivity (Wildman–Crippen MR) is 125 cm³/mol. The van der Waals surface area contributed by atoms with E-state index in [1.54, 1.807) is 0 Å². The highest BCUT2D eigenvalue weighted by Gasteiger charge is 2.27. The minimum Gasteiger partial charge on any atom is -0.355 e. The monoisotopic (exact) mass is 490 g/mol. The lowest BCUT2D eigenvalue weighted by Gasteiger charge is -2.32. The molecule has 7 heteroatoms. The third-order valence-corrected chi connectivity index (χ3v) is 5.46. The molecule has 0 saturated carbocycles. The van der Waals surface area contributed by atoms with Crippen molar-refractivity contribution in [2.24, 2.45) is 18.0 Å². The van der Waals surface area contributed by atoms with Gasteiger partial charge in [0.25, 0.3) is 0 Å². The highest BCUT2D eigenvalue weighted by Crippen LogP contribution is 2.26. The maximum absolute atomic E-state index is 4.56. The predicted octanol–water partition coefficient (Wildman–Crippen LogP) is 3.16. The fourth-order valence-electron chi connectivity index (χ4n) is 4.06. The van der Waals surface area contributed by atoms with Crippen LogP contribution < -0.4 is 5.32 Å². The van der Waals surface area contributed by atoms with Crippen LogP contribution in [0.3, 0.4) is 0 Å². The van der Waals surface area contributed by atoms with Gasteiger partial charge in [-0.25, -0.2) is 0 Å². The molecule has 1 aliphatic heterocycles. The van der Waals surface area contributed by atoms with E-state index in [4.69, 9.17) is 0 Å². The van der Waals surface area contributed by atoms with Crippen LogP contribution in [0.5, 0.6) is 0 Å². The summed E-state index contributed by atoms with van der Waals surface area (Å²) in [6.45, 7) is 14.4. The molecule has 0 aliphatic carbocycles. The van der Waals surface area contributed by atoms with E-state index in [1.165, 1.54) is 12.0 Å². The van der Waals surface area contributed by atoms with Crippen molar-refractivity contribution in [1.29, 1.82) is 0 Å². The van der Waals surface area contributed by atoms with Crippen molar-refractivity contribution in [3.8, 4) is 0 Å². The lowest BCUT2D eigenvalue weighted by molar-refractivity contribution is 0.190. The van der Waals surface area contributed by atoms with Gasteiger partial charge in [-0.3, -0.25) is 14.6 Å². The first-order valence-electron chi connectivity index (χ1n) is 10.2. The van der Waals surface area contributed by atoms with Crippen LogP contribution in [0.4, 0.5) is 0 Å². The number of likely N-dealkylation sites (N-methyl/N-ethyl adjacent to an activating group) is 1. The maximum Gasteiger partial charge on any atom is 0.193 e. The van der Waals surface area contributed by atoms with Crippen LogP contribution in [0.2, 0.25) is 0 Å². The zero-order valence-corrected chi connectivity index (χ0v) is 20.3. The Labute approximate surface area is 182 Å². The minimum atomic E-state index is 0. The first-order valence-corrected chi connectivity index (χ1v) is 10.2. The number of hydrogen-bond acceptors (Lipinski definition) is 3. The van der Waals surface area contributed by atoms with Crippen molar-refractivity contribution < 1.29 is 0 Å². The summed E-state index contributed by atoms with van der Waals surface area (Å²) in [7, 11) is 3.88. The summed E-state index contributed by atoms with van der Waals surface area (Å²) in [6.07, 6.45) is 6.52. The summed E-state index contributed by atoms with van der Waals surface area (Å²) in [4.78, 5) is 9.51. The largest absolute Gasteiger partial charge is 0.355 e. The third-order valence-electron chi connectivity index (χ3n) is 5.46. The number of aryl methyl sites for hydroxylation is 1. The van der Waals surface area contributed by atoms with E-state index in [9.17, 15) is 0 Å². The van der Waals surface area contributed by atoms with E-state index in [0.29, 0.717) is 17.9 Å². The number of halogens is 1. The van der Waals surface area contributed by atoms with E-state index >= 15 is 0 Å². The van der Waals surface area contributed by atoms with E-state index < -0.39 is 0 Å². The molecule has 2 rings (SSSR count). The van der Waals surface area contributed by atoms with Crippen molar-refractivity contribution >= 4 is 29.9 Å². The molecule has 1 aromatic rings. The van der Waals surface area contributed by atoms with Gasteiger partial charge in [-0.2, -0.15) is 5.10 Å². The second-order valence-electron chi connectivity index (χ2n) is 7.81. The van der Waals surface area contributed by atoms with Gasteiger partial charge in [0, 0.05) is 51.9 Å². The van der Waals surface area contributed by atoms with Gasteiger partial charge in [-0.05, 0) is 37.4 Å². The van der Waals surface area contributed by atoms with Gasteiger partial charge < -0.3 is 10.2 Å². The van der Waals surface area contributed by atoms with Crippen molar-refractivity contribution in [2.75, 3.05) is 39.8 Å². The average Bonchev–Trinajstić information content (AvgIpc) is 3.25. The molecular formula is C20H39IN6. The molecule has 1 fully saturated rings. The van der Waals surface area contributed by atoms with Gasteiger partial charge in [-0.15, -0.1) is 24.0 Å². The molecule has 0 spiro atoms. The summed E-state index contributed by atoms with van der Waals surface area (Å²) in [5.74, 6) is 2.29. The molecule has 0 amide bonds. The smallest absolute Gasteiger partial charge is 0.193 e. The second-order valence-corrected chi connectivity index (χ2v) is 7.81. The van der Waals surface area contributed by atoms with Crippen LogP contribution in [0.15, 0.2) is 17.4 Å². The maximum atomic E-state index is 4.56.